The number of rotatable bonds is 4. The predicted molar refractivity (Wildman–Crippen MR) is 70.5 cm³/mol. The molecule has 1 aliphatic rings. The molecule has 3 rings (SSSR count). The van der Waals surface area contributed by atoms with Crippen LogP contribution >= 0.6 is 0 Å². The fourth-order valence-electron chi connectivity index (χ4n) is 2.35. The van der Waals surface area contributed by atoms with Gasteiger partial charge in [-0.05, 0) is 37.8 Å². The van der Waals surface area contributed by atoms with Gasteiger partial charge in [0.15, 0.2) is 0 Å². The maximum Gasteiger partial charge on any atom is 0.139 e. The van der Waals surface area contributed by atoms with Crippen LogP contribution in [-0.2, 0) is 6.42 Å². The van der Waals surface area contributed by atoms with E-state index in [4.69, 9.17) is 5.73 Å². The van der Waals surface area contributed by atoms with E-state index in [0.717, 1.165) is 23.8 Å². The quantitative estimate of drug-likeness (QED) is 0.890. The van der Waals surface area contributed by atoms with E-state index >= 15 is 0 Å². The average Bonchev–Trinajstić information content (AvgIpc) is 3.17. The normalized spacial score (nSPS) is 16.8. The largest absolute Gasteiger partial charge is 0.327 e. The molecule has 0 radical (unpaired) electrons. The standard InChI is InChI=1S/C14H18N4/c1-10-16-17-14(9-13(15)11-7-8-11)18(10)12-5-3-2-4-6-12/h2-6,11,13H,7-9,15H2,1H3. The highest BCUT2D eigenvalue weighted by Crippen LogP contribution is 2.32. The van der Waals surface area contributed by atoms with Gasteiger partial charge < -0.3 is 5.73 Å². The Morgan fingerprint density at radius 3 is 2.67 bits per heavy atom. The molecule has 1 aliphatic carbocycles. The van der Waals surface area contributed by atoms with Crippen molar-refractivity contribution in [3.05, 3.63) is 42.0 Å². The maximum atomic E-state index is 6.19. The molecule has 1 atom stereocenters. The van der Waals surface area contributed by atoms with Crippen LogP contribution in [0.1, 0.15) is 24.5 Å². The van der Waals surface area contributed by atoms with Gasteiger partial charge in [0.05, 0.1) is 0 Å². The summed E-state index contributed by atoms with van der Waals surface area (Å²) in [5, 5.41) is 8.46. The summed E-state index contributed by atoms with van der Waals surface area (Å²) in [4.78, 5) is 0. The first-order valence-corrected chi connectivity index (χ1v) is 6.47. The molecule has 1 aromatic heterocycles. The monoisotopic (exact) mass is 242 g/mol. The second-order valence-corrected chi connectivity index (χ2v) is 5.04. The van der Waals surface area contributed by atoms with Gasteiger partial charge in [0.25, 0.3) is 0 Å². The van der Waals surface area contributed by atoms with Gasteiger partial charge >= 0.3 is 0 Å². The molecule has 1 aromatic carbocycles. The molecule has 1 saturated carbocycles. The fraction of sp³-hybridized carbons (Fsp3) is 0.429. The minimum atomic E-state index is 0.219. The Balaban J connectivity index is 1.91. The van der Waals surface area contributed by atoms with Crippen molar-refractivity contribution in [2.75, 3.05) is 0 Å². The average molecular weight is 242 g/mol. The second kappa shape index (κ2) is 4.53. The van der Waals surface area contributed by atoms with Crippen LogP contribution in [0.5, 0.6) is 0 Å². The molecular formula is C14H18N4. The Morgan fingerprint density at radius 1 is 1.28 bits per heavy atom. The summed E-state index contributed by atoms with van der Waals surface area (Å²) < 4.78 is 2.10. The lowest BCUT2D eigenvalue weighted by atomic mass is 10.1. The van der Waals surface area contributed by atoms with Crippen molar-refractivity contribution in [1.29, 1.82) is 0 Å². The topological polar surface area (TPSA) is 56.7 Å². The summed E-state index contributed by atoms with van der Waals surface area (Å²) in [5.74, 6) is 2.57. The Kier molecular flexibility index (Phi) is 2.88. The molecule has 1 unspecified atom stereocenters. The summed E-state index contributed by atoms with van der Waals surface area (Å²) in [5.41, 5.74) is 7.30. The maximum absolute atomic E-state index is 6.19. The van der Waals surface area contributed by atoms with Crippen molar-refractivity contribution in [2.24, 2.45) is 11.7 Å². The first-order valence-electron chi connectivity index (χ1n) is 6.47. The number of hydrogen-bond donors (Lipinski definition) is 1. The third kappa shape index (κ3) is 2.16. The Labute approximate surface area is 107 Å². The summed E-state index contributed by atoms with van der Waals surface area (Å²) in [6.07, 6.45) is 3.33. The van der Waals surface area contributed by atoms with Crippen LogP contribution in [0.2, 0.25) is 0 Å². The van der Waals surface area contributed by atoms with Gasteiger partial charge in [0.2, 0.25) is 0 Å². The van der Waals surface area contributed by atoms with E-state index < -0.39 is 0 Å². The third-order valence-electron chi connectivity index (χ3n) is 3.55. The van der Waals surface area contributed by atoms with E-state index in [1.54, 1.807) is 0 Å². The molecule has 94 valence electrons. The lowest BCUT2D eigenvalue weighted by molar-refractivity contribution is 0.569. The second-order valence-electron chi connectivity index (χ2n) is 5.04. The first-order chi connectivity index (χ1) is 8.75. The van der Waals surface area contributed by atoms with Crippen LogP contribution in [0.3, 0.4) is 0 Å². The van der Waals surface area contributed by atoms with Gasteiger partial charge in [0, 0.05) is 18.2 Å². The van der Waals surface area contributed by atoms with Crippen molar-refractivity contribution in [3.63, 3.8) is 0 Å². The molecule has 0 bridgehead atoms. The van der Waals surface area contributed by atoms with Crippen molar-refractivity contribution < 1.29 is 0 Å². The van der Waals surface area contributed by atoms with Crippen LogP contribution in [0.15, 0.2) is 30.3 Å². The third-order valence-corrected chi connectivity index (χ3v) is 3.55. The summed E-state index contributed by atoms with van der Waals surface area (Å²) >= 11 is 0. The SMILES string of the molecule is Cc1nnc(CC(N)C2CC2)n1-c1ccccc1. The molecule has 4 heteroatoms. The molecule has 0 spiro atoms. The molecule has 0 aliphatic heterocycles. The van der Waals surface area contributed by atoms with E-state index in [0.29, 0.717) is 5.92 Å². The van der Waals surface area contributed by atoms with Crippen molar-refractivity contribution in [2.45, 2.75) is 32.2 Å². The minimum absolute atomic E-state index is 0.219. The Hall–Kier alpha value is -1.68. The van der Waals surface area contributed by atoms with Gasteiger partial charge in [-0.1, -0.05) is 18.2 Å². The van der Waals surface area contributed by atoms with Crippen LogP contribution < -0.4 is 5.73 Å². The molecular weight excluding hydrogens is 224 g/mol. The van der Waals surface area contributed by atoms with Gasteiger partial charge in [-0.25, -0.2) is 0 Å². The van der Waals surface area contributed by atoms with Crippen molar-refractivity contribution >= 4 is 0 Å². The Bertz CT molecular complexity index is 528. The molecule has 0 amide bonds. The number of aromatic nitrogens is 3. The highest BCUT2D eigenvalue weighted by Gasteiger charge is 2.29. The number of nitrogens with zero attached hydrogens (tertiary/aromatic N) is 3. The predicted octanol–water partition coefficient (Wildman–Crippen LogP) is 1.86. The summed E-state index contributed by atoms with van der Waals surface area (Å²) in [6.45, 7) is 1.98. The van der Waals surface area contributed by atoms with Crippen LogP contribution in [0.25, 0.3) is 5.69 Å². The van der Waals surface area contributed by atoms with Gasteiger partial charge in [-0.15, -0.1) is 10.2 Å². The Morgan fingerprint density at radius 2 is 2.00 bits per heavy atom. The fourth-order valence-corrected chi connectivity index (χ4v) is 2.35. The van der Waals surface area contributed by atoms with Crippen LogP contribution in [0.4, 0.5) is 0 Å². The zero-order valence-corrected chi connectivity index (χ0v) is 10.6. The highest BCUT2D eigenvalue weighted by atomic mass is 15.3. The van der Waals surface area contributed by atoms with Gasteiger partial charge in [0.1, 0.15) is 11.6 Å². The van der Waals surface area contributed by atoms with Crippen LogP contribution in [-0.4, -0.2) is 20.8 Å². The highest BCUT2D eigenvalue weighted by molar-refractivity contribution is 5.33. The number of aryl methyl sites for hydroxylation is 1. The molecule has 18 heavy (non-hydrogen) atoms. The van der Waals surface area contributed by atoms with Crippen molar-refractivity contribution in [3.8, 4) is 5.69 Å². The summed E-state index contributed by atoms with van der Waals surface area (Å²) in [6, 6.07) is 10.4. The van der Waals surface area contributed by atoms with Crippen LogP contribution in [0, 0.1) is 12.8 Å². The van der Waals surface area contributed by atoms with Gasteiger partial charge in [-0.2, -0.15) is 0 Å². The lowest BCUT2D eigenvalue weighted by Crippen LogP contribution is -2.26. The zero-order chi connectivity index (χ0) is 12.5. The number of para-hydroxylation sites is 1. The van der Waals surface area contributed by atoms with E-state index in [1.165, 1.54) is 12.8 Å². The van der Waals surface area contributed by atoms with Crippen molar-refractivity contribution in [1.82, 2.24) is 14.8 Å². The van der Waals surface area contributed by atoms with E-state index in [9.17, 15) is 0 Å². The first kappa shape index (κ1) is 11.4. The molecule has 1 fully saturated rings. The molecule has 2 aromatic rings. The number of hydrogen-bond acceptors (Lipinski definition) is 3. The number of benzene rings is 1. The molecule has 2 N–H and O–H groups in total. The lowest BCUT2D eigenvalue weighted by Gasteiger charge is -2.12. The summed E-state index contributed by atoms with van der Waals surface area (Å²) in [7, 11) is 0. The molecule has 4 nitrogen and oxygen atoms in total. The smallest absolute Gasteiger partial charge is 0.139 e. The zero-order valence-electron chi connectivity index (χ0n) is 10.6. The van der Waals surface area contributed by atoms with E-state index in [1.807, 2.05) is 25.1 Å². The van der Waals surface area contributed by atoms with Gasteiger partial charge in [-0.3, -0.25) is 4.57 Å². The molecule has 0 saturated heterocycles. The van der Waals surface area contributed by atoms with E-state index in [2.05, 4.69) is 26.9 Å². The molecule has 1 heterocycles. The number of nitrogens with two attached hydrogens (primary N) is 1. The minimum Gasteiger partial charge on any atom is -0.327 e. The van der Waals surface area contributed by atoms with E-state index in [-0.39, 0.29) is 6.04 Å².